The molecule has 1 saturated heterocycles. The molecule has 0 bridgehead atoms. The zero-order chi connectivity index (χ0) is 21.0. The quantitative estimate of drug-likeness (QED) is 0.763. The van der Waals surface area contributed by atoms with Crippen LogP contribution in [0.1, 0.15) is 5.56 Å². The first-order chi connectivity index (χ1) is 13.8. The first-order valence-electron chi connectivity index (χ1n) is 8.95. The van der Waals surface area contributed by atoms with Crippen LogP contribution in [-0.2, 0) is 21.4 Å². The lowest BCUT2D eigenvalue weighted by Gasteiger charge is -2.33. The van der Waals surface area contributed by atoms with Crippen molar-refractivity contribution >= 4 is 15.9 Å². The summed E-state index contributed by atoms with van der Waals surface area (Å²) >= 11 is 0. The van der Waals surface area contributed by atoms with Crippen molar-refractivity contribution in [2.45, 2.75) is 11.4 Å². The van der Waals surface area contributed by atoms with E-state index in [4.69, 9.17) is 0 Å². The van der Waals surface area contributed by atoms with E-state index in [1.165, 1.54) is 6.07 Å². The summed E-state index contributed by atoms with van der Waals surface area (Å²) in [6, 6.07) is 8.40. The van der Waals surface area contributed by atoms with Gasteiger partial charge in [0.15, 0.2) is 0 Å². The molecule has 1 fully saturated rings. The number of rotatable bonds is 6. The van der Waals surface area contributed by atoms with Crippen molar-refractivity contribution in [1.29, 1.82) is 0 Å². The van der Waals surface area contributed by atoms with E-state index < -0.39 is 32.4 Å². The molecule has 3 rings (SSSR count). The van der Waals surface area contributed by atoms with Crippen LogP contribution in [0.4, 0.5) is 13.2 Å². The second-order valence-corrected chi connectivity index (χ2v) is 8.53. The lowest BCUT2D eigenvalue weighted by Crippen LogP contribution is -2.51. The number of benzene rings is 2. The summed E-state index contributed by atoms with van der Waals surface area (Å²) in [5.41, 5.74) is 0.369. The van der Waals surface area contributed by atoms with Crippen LogP contribution in [0.2, 0.25) is 0 Å². The van der Waals surface area contributed by atoms with E-state index in [-0.39, 0.29) is 45.2 Å². The van der Waals surface area contributed by atoms with Gasteiger partial charge in [-0.1, -0.05) is 18.2 Å². The molecule has 2 aromatic rings. The topological polar surface area (TPSA) is 69.7 Å². The van der Waals surface area contributed by atoms with Gasteiger partial charge in [-0.05, 0) is 24.3 Å². The molecule has 0 radical (unpaired) electrons. The predicted octanol–water partition coefficient (Wildman–Crippen LogP) is 1.73. The number of nitrogens with zero attached hydrogens (tertiary/aromatic N) is 2. The average Bonchev–Trinajstić information content (AvgIpc) is 2.69. The molecule has 10 heteroatoms. The van der Waals surface area contributed by atoms with Crippen molar-refractivity contribution in [1.82, 2.24) is 14.5 Å². The molecular weight excluding hydrogens is 407 g/mol. The number of amides is 1. The third kappa shape index (κ3) is 5.14. The number of nitrogens with one attached hydrogen (secondary N) is 1. The van der Waals surface area contributed by atoms with E-state index in [1.54, 1.807) is 23.1 Å². The molecule has 2 aromatic carbocycles. The van der Waals surface area contributed by atoms with Gasteiger partial charge < -0.3 is 5.32 Å². The number of piperazine rings is 1. The molecule has 1 aliphatic heterocycles. The van der Waals surface area contributed by atoms with E-state index in [1.807, 2.05) is 0 Å². The molecule has 0 aromatic heterocycles. The minimum Gasteiger partial charge on any atom is -0.351 e. The van der Waals surface area contributed by atoms with Crippen molar-refractivity contribution in [3.05, 3.63) is 65.5 Å². The van der Waals surface area contributed by atoms with Crippen LogP contribution in [0.5, 0.6) is 0 Å². The van der Waals surface area contributed by atoms with E-state index in [0.717, 1.165) is 16.4 Å². The molecular formula is C19H20F3N3O3S. The average molecular weight is 427 g/mol. The van der Waals surface area contributed by atoms with Crippen LogP contribution in [0.25, 0.3) is 0 Å². The Balaban J connectivity index is 1.53. The maximum atomic E-state index is 13.9. The Morgan fingerprint density at radius 2 is 1.66 bits per heavy atom. The molecule has 6 nitrogen and oxygen atoms in total. The highest BCUT2D eigenvalue weighted by Crippen LogP contribution is 2.21. The fraction of sp³-hybridized carbons (Fsp3) is 0.316. The molecule has 1 amide bonds. The summed E-state index contributed by atoms with van der Waals surface area (Å²) in [5.74, 6) is -2.58. The van der Waals surface area contributed by atoms with Crippen molar-refractivity contribution in [2.24, 2.45) is 0 Å². The highest BCUT2D eigenvalue weighted by atomic mass is 32.2. The zero-order valence-corrected chi connectivity index (χ0v) is 16.3. The number of hydrogen-bond acceptors (Lipinski definition) is 4. The zero-order valence-electron chi connectivity index (χ0n) is 15.4. The van der Waals surface area contributed by atoms with Gasteiger partial charge in [0.1, 0.15) is 22.3 Å². The third-order valence-electron chi connectivity index (χ3n) is 4.64. The van der Waals surface area contributed by atoms with Gasteiger partial charge in [-0.2, -0.15) is 4.31 Å². The van der Waals surface area contributed by atoms with Crippen molar-refractivity contribution in [3.8, 4) is 0 Å². The Morgan fingerprint density at radius 3 is 2.34 bits per heavy atom. The Kier molecular flexibility index (Phi) is 6.56. The Hall–Kier alpha value is -2.43. The van der Waals surface area contributed by atoms with Crippen LogP contribution in [0, 0.1) is 17.5 Å². The van der Waals surface area contributed by atoms with Gasteiger partial charge in [0.25, 0.3) is 0 Å². The van der Waals surface area contributed by atoms with Gasteiger partial charge in [-0.25, -0.2) is 21.6 Å². The van der Waals surface area contributed by atoms with Crippen LogP contribution in [0.15, 0.2) is 47.4 Å². The van der Waals surface area contributed by atoms with Gasteiger partial charge in [0.05, 0.1) is 6.54 Å². The first kappa shape index (κ1) is 21.3. The predicted molar refractivity (Wildman–Crippen MR) is 99.8 cm³/mol. The maximum Gasteiger partial charge on any atom is 0.246 e. The van der Waals surface area contributed by atoms with E-state index in [9.17, 15) is 26.4 Å². The standard InChI is InChI=1S/C19H20F3N3O3S/c20-15-5-6-17(22)18(11-15)29(27,28)25-9-7-24(8-10-25)13-19(26)23-12-14-3-1-2-4-16(14)21/h1-6,11H,7-10,12-13H2,(H,23,26). The number of sulfonamides is 1. The maximum absolute atomic E-state index is 13.9. The molecule has 0 aliphatic carbocycles. The summed E-state index contributed by atoms with van der Waals surface area (Å²) < 4.78 is 67.0. The number of halogens is 3. The molecule has 0 spiro atoms. The largest absolute Gasteiger partial charge is 0.351 e. The smallest absolute Gasteiger partial charge is 0.246 e. The Morgan fingerprint density at radius 1 is 0.966 bits per heavy atom. The Bertz CT molecular complexity index is 993. The molecule has 156 valence electrons. The fourth-order valence-electron chi connectivity index (χ4n) is 3.04. The minimum absolute atomic E-state index is 0.0245. The summed E-state index contributed by atoms with van der Waals surface area (Å²) in [6.45, 7) is 0.666. The number of hydrogen-bond donors (Lipinski definition) is 1. The second-order valence-electron chi connectivity index (χ2n) is 6.62. The van der Waals surface area contributed by atoms with Crippen LogP contribution < -0.4 is 5.32 Å². The lowest BCUT2D eigenvalue weighted by molar-refractivity contribution is -0.122. The molecule has 0 unspecified atom stereocenters. The van der Waals surface area contributed by atoms with E-state index in [2.05, 4.69) is 5.32 Å². The van der Waals surface area contributed by atoms with Gasteiger partial charge in [-0.15, -0.1) is 0 Å². The van der Waals surface area contributed by atoms with Crippen molar-refractivity contribution in [2.75, 3.05) is 32.7 Å². The van der Waals surface area contributed by atoms with Gasteiger partial charge >= 0.3 is 0 Å². The number of carbonyl (C=O) groups is 1. The summed E-state index contributed by atoms with van der Waals surface area (Å²) in [7, 11) is -4.17. The molecule has 0 saturated carbocycles. The van der Waals surface area contributed by atoms with Gasteiger partial charge in [-0.3, -0.25) is 9.69 Å². The van der Waals surface area contributed by atoms with E-state index >= 15 is 0 Å². The molecule has 0 atom stereocenters. The molecule has 1 heterocycles. The SMILES string of the molecule is O=C(CN1CCN(S(=O)(=O)c2cc(F)ccc2F)CC1)NCc1ccccc1F. The minimum atomic E-state index is -4.17. The Labute approximate surface area is 167 Å². The van der Waals surface area contributed by atoms with Crippen molar-refractivity contribution < 1.29 is 26.4 Å². The third-order valence-corrected chi connectivity index (χ3v) is 6.56. The monoisotopic (exact) mass is 427 g/mol. The normalized spacial score (nSPS) is 16.0. The second kappa shape index (κ2) is 8.93. The van der Waals surface area contributed by atoms with Crippen molar-refractivity contribution in [3.63, 3.8) is 0 Å². The molecule has 1 N–H and O–H groups in total. The van der Waals surface area contributed by atoms with Crippen LogP contribution in [-0.4, -0.2) is 56.3 Å². The van der Waals surface area contributed by atoms with Crippen LogP contribution >= 0.6 is 0 Å². The number of carbonyl (C=O) groups excluding carboxylic acids is 1. The summed E-state index contributed by atoms with van der Waals surface area (Å²) in [5, 5.41) is 2.62. The summed E-state index contributed by atoms with van der Waals surface area (Å²) in [6.07, 6.45) is 0. The molecule has 1 aliphatic rings. The molecule has 29 heavy (non-hydrogen) atoms. The van der Waals surface area contributed by atoms with E-state index in [0.29, 0.717) is 11.6 Å². The fourth-order valence-corrected chi connectivity index (χ4v) is 4.53. The van der Waals surface area contributed by atoms with Gasteiger partial charge in [0, 0.05) is 38.3 Å². The summed E-state index contributed by atoms with van der Waals surface area (Å²) in [4.78, 5) is 13.1. The van der Waals surface area contributed by atoms with Crippen LogP contribution in [0.3, 0.4) is 0 Å². The highest BCUT2D eigenvalue weighted by molar-refractivity contribution is 7.89. The van der Waals surface area contributed by atoms with Gasteiger partial charge in [0.2, 0.25) is 15.9 Å². The first-order valence-corrected chi connectivity index (χ1v) is 10.4. The highest BCUT2D eigenvalue weighted by Gasteiger charge is 2.31. The lowest BCUT2D eigenvalue weighted by atomic mass is 10.2.